The second-order valence-electron chi connectivity index (χ2n) is 29.2. The number of methoxy groups -OCH3 is 5. The van der Waals surface area contributed by atoms with Gasteiger partial charge in [0, 0.05) is 30.4 Å². The number of unbranched alkanes of at least 4 members (excludes halogenated alkanes) is 26. The van der Waals surface area contributed by atoms with Gasteiger partial charge in [0.15, 0.2) is 17.2 Å². The normalized spacial score (nSPS) is 10.8. The second kappa shape index (κ2) is 63.7. The zero-order chi connectivity index (χ0) is 81.7. The fraction of sp³-hybridized carbons (Fsp3) is 0.576. The Bertz CT molecular complexity index is 3480. The highest BCUT2D eigenvalue weighted by molar-refractivity contribution is 5.90. The molecule has 0 amide bonds. The monoisotopic (exact) mass is 1510 g/mol. The zero-order valence-corrected chi connectivity index (χ0v) is 73.6. The van der Waals surface area contributed by atoms with Gasteiger partial charge in [0.1, 0.15) is 28.7 Å². The molecule has 0 N–H and O–H groups in total. The fourth-order valence-corrected chi connectivity index (χ4v) is 12.5. The predicted molar refractivity (Wildman–Crippen MR) is 471 cm³/mol. The predicted octanol–water partition coefficient (Wildman–Crippen LogP) is 29.2. The van der Waals surface area contributed by atoms with Gasteiger partial charge < -0.3 is 42.6 Å². The van der Waals surface area contributed by atoms with E-state index in [2.05, 4.69) is 129 Å². The number of hydrogen-bond acceptors (Lipinski definition) is 10. The summed E-state index contributed by atoms with van der Waals surface area (Å²) in [6, 6.07) is 31.3. The number of ether oxygens (including phenoxy) is 9. The molecule has 6 aromatic carbocycles. The van der Waals surface area contributed by atoms with Crippen LogP contribution >= 0.6 is 0 Å². The van der Waals surface area contributed by atoms with E-state index in [0.29, 0.717) is 42.6 Å². The molecular formula is C99H152N2O9. The van der Waals surface area contributed by atoms with E-state index in [1.54, 1.807) is 35.5 Å². The van der Waals surface area contributed by atoms with Crippen LogP contribution in [0.4, 0.5) is 0 Å². The molecule has 612 valence electrons. The van der Waals surface area contributed by atoms with Crippen LogP contribution in [0.25, 0.3) is 22.2 Å². The molecule has 0 aliphatic rings. The summed E-state index contributed by atoms with van der Waals surface area (Å²) in [5, 5.41) is 9.84. The number of allylic oxidation sites excluding steroid dienone is 2. The fourth-order valence-electron chi connectivity index (χ4n) is 12.5. The van der Waals surface area contributed by atoms with Crippen molar-refractivity contribution in [2.75, 3.05) is 68.6 Å². The lowest BCUT2D eigenvalue weighted by atomic mass is 9.96. The summed E-state index contributed by atoms with van der Waals surface area (Å²) in [5.41, 5.74) is 16.8. The highest BCUT2D eigenvalue weighted by Gasteiger charge is 2.18. The van der Waals surface area contributed by atoms with Gasteiger partial charge in [0.25, 0.3) is 0 Å². The highest BCUT2D eigenvalue weighted by atomic mass is 16.5. The highest BCUT2D eigenvalue weighted by Crippen LogP contribution is 2.40. The van der Waals surface area contributed by atoms with E-state index in [0.717, 1.165) is 112 Å². The van der Waals surface area contributed by atoms with E-state index < -0.39 is 0 Å². The number of nitrogens with zero attached hydrogens (tertiary/aromatic N) is 2. The second-order valence-corrected chi connectivity index (χ2v) is 29.2. The third-order valence-corrected chi connectivity index (χ3v) is 19.6. The molecule has 0 heterocycles. The molecule has 0 fully saturated rings. The lowest BCUT2D eigenvalue weighted by Gasteiger charge is -2.16. The van der Waals surface area contributed by atoms with Crippen molar-refractivity contribution in [2.24, 2.45) is 0 Å². The molecule has 0 atom stereocenters. The number of nitriles is 1. The van der Waals surface area contributed by atoms with Crippen molar-refractivity contribution in [1.29, 1.82) is 5.26 Å². The minimum Gasteiger partial charge on any atom is -0.496 e. The Morgan fingerprint density at radius 2 is 0.700 bits per heavy atom. The quantitative estimate of drug-likeness (QED) is 0.0158. The lowest BCUT2D eigenvalue weighted by Crippen LogP contribution is -2.02. The molecule has 0 aliphatic heterocycles. The number of aryl methyl sites for hydroxylation is 10. The maximum absolute atomic E-state index is 9.84. The topological polar surface area (TPSA) is 111 Å². The summed E-state index contributed by atoms with van der Waals surface area (Å²) in [5.74, 6) is 6.51. The average molecular weight is 1510 g/mol. The smallest absolute Gasteiger partial charge is 0.203 e. The summed E-state index contributed by atoms with van der Waals surface area (Å²) in [7, 11) is 8.42. The third-order valence-electron chi connectivity index (χ3n) is 19.6. The van der Waals surface area contributed by atoms with Crippen molar-refractivity contribution in [3.05, 3.63) is 180 Å². The van der Waals surface area contributed by atoms with E-state index >= 15 is 0 Å². The summed E-state index contributed by atoms with van der Waals surface area (Å²) in [6.07, 6.45) is 41.5. The minimum absolute atomic E-state index is 0.542. The summed E-state index contributed by atoms with van der Waals surface area (Å²) < 4.78 is 50.7. The van der Waals surface area contributed by atoms with E-state index in [-0.39, 0.29) is 0 Å². The standard InChI is InChI=1S/C42H60N2O2.C20H34O4.C17H28O.C10H14O2.C8H10.C2H6/c1-8-11-13-15-17-19-21-23-25-45-41-29-34(5)33(4)27-37(41)30-40(44-7)38-31-42(39(28-35(38)6)36(10-3)32-43)46-26-24-22-20-18-16-14-12-9-2;1-17-15-18(22-3)20(19(16-17)23-4)24-14-12-10-8-6-5-7-9-11-13-21-2;1-5-6-7-8-9-10-11-18-17-13-15(3)14(2)12-16(17)4;1-7-5-9(11-3)8(2)10(6-7)12-4;1-7-3-5-8(2)6-4-7;1-2/h10,27-31H,8-9,11-26H2,1-6H3;15-16H,5-14H2,1-4H3;12-13H,5-11H2,1-4H3;5-6H,1-4H3;3-6H,1-2H3;1-2H3/b36-10+,40-30-;;;;;. The zero-order valence-electron chi connectivity index (χ0n) is 73.6. The third kappa shape index (κ3) is 42.5. The summed E-state index contributed by atoms with van der Waals surface area (Å²) >= 11 is 0. The molecule has 0 saturated heterocycles. The van der Waals surface area contributed by atoms with Gasteiger partial charge in [-0.3, -0.25) is 0 Å². The van der Waals surface area contributed by atoms with Crippen LogP contribution in [0.15, 0.2) is 91.0 Å². The van der Waals surface area contributed by atoms with Gasteiger partial charge in [-0.25, -0.2) is 4.85 Å². The first-order valence-corrected chi connectivity index (χ1v) is 42.2. The van der Waals surface area contributed by atoms with Crippen LogP contribution in [0.3, 0.4) is 0 Å². The Morgan fingerprint density at radius 3 is 1.08 bits per heavy atom. The average Bonchev–Trinajstić information content (AvgIpc) is 0.795. The minimum atomic E-state index is 0.542. The first-order chi connectivity index (χ1) is 53.2. The Labute approximate surface area is 672 Å². The molecule has 0 aromatic heterocycles. The van der Waals surface area contributed by atoms with Crippen molar-refractivity contribution in [3.8, 4) is 52.1 Å². The van der Waals surface area contributed by atoms with Crippen LogP contribution in [0.1, 0.15) is 312 Å². The van der Waals surface area contributed by atoms with Gasteiger partial charge >= 0.3 is 0 Å². The van der Waals surface area contributed by atoms with Crippen molar-refractivity contribution >= 4 is 17.3 Å². The van der Waals surface area contributed by atoms with Crippen LogP contribution in [0.5, 0.6) is 46.0 Å². The van der Waals surface area contributed by atoms with Crippen molar-refractivity contribution in [1.82, 2.24) is 0 Å². The first kappa shape index (κ1) is 100. The molecule has 11 nitrogen and oxygen atoms in total. The van der Waals surface area contributed by atoms with Crippen LogP contribution < -0.4 is 37.9 Å². The molecule has 0 bridgehead atoms. The number of hydrogen-bond donors (Lipinski definition) is 0. The summed E-state index contributed by atoms with van der Waals surface area (Å²) in [6.45, 7) is 47.4. The molecule has 0 saturated carbocycles. The number of benzene rings is 6. The lowest BCUT2D eigenvalue weighted by molar-refractivity contribution is 0.192. The van der Waals surface area contributed by atoms with Gasteiger partial charge in [-0.05, 0) is 220 Å². The molecule has 110 heavy (non-hydrogen) atoms. The van der Waals surface area contributed by atoms with Gasteiger partial charge in [-0.15, -0.1) is 0 Å². The first-order valence-electron chi connectivity index (χ1n) is 42.2. The maximum atomic E-state index is 9.84. The van der Waals surface area contributed by atoms with E-state index in [1.165, 1.54) is 206 Å². The van der Waals surface area contributed by atoms with E-state index in [4.69, 9.17) is 49.2 Å². The van der Waals surface area contributed by atoms with Crippen molar-refractivity contribution in [3.63, 3.8) is 0 Å². The Kier molecular flexibility index (Phi) is 58.0. The van der Waals surface area contributed by atoms with Gasteiger partial charge in [-0.2, -0.15) is 5.26 Å². The molecule has 0 spiro atoms. The van der Waals surface area contributed by atoms with E-state index in [1.807, 2.05) is 97.0 Å². The Balaban J connectivity index is 0.000000781. The van der Waals surface area contributed by atoms with Crippen LogP contribution in [-0.2, 0) is 4.74 Å². The largest absolute Gasteiger partial charge is 0.496 e. The van der Waals surface area contributed by atoms with Crippen LogP contribution in [0, 0.1) is 94.1 Å². The van der Waals surface area contributed by atoms with E-state index in [9.17, 15) is 5.26 Å². The Morgan fingerprint density at radius 1 is 0.355 bits per heavy atom. The van der Waals surface area contributed by atoms with Crippen molar-refractivity contribution < 1.29 is 42.6 Å². The SMILES string of the molecule is CC.CCCCCCCCOc1cc(C)c(C)cc1C.COCCCCCCCCCCOc1c(OC)cc(C)cc1OC.COc1cc(C)cc(OC)c1C.Cc1ccc(C)cc1.[C-]#[N+]/C(=C\c1cc(C)c(C)cc1OCCCCCCCCCC)c1cc(OCCCCCCCCCC)c(/C(C#N)=C/C)cc1C. The van der Waals surface area contributed by atoms with Gasteiger partial charge in [0.2, 0.25) is 5.75 Å². The molecule has 6 aromatic rings. The molecule has 11 heteroatoms. The van der Waals surface area contributed by atoms with Crippen molar-refractivity contribution in [2.45, 2.75) is 310 Å². The van der Waals surface area contributed by atoms with Gasteiger partial charge in [0.05, 0.1) is 73.1 Å². The van der Waals surface area contributed by atoms with Crippen LogP contribution in [-0.4, -0.2) is 68.6 Å². The molecular weight excluding hydrogens is 1360 g/mol. The number of rotatable bonds is 47. The molecule has 6 rings (SSSR count). The molecule has 0 radical (unpaired) electrons. The Hall–Kier alpha value is -7.86. The summed E-state index contributed by atoms with van der Waals surface area (Å²) in [4.78, 5) is 3.99. The van der Waals surface area contributed by atoms with Crippen LogP contribution in [0.2, 0.25) is 0 Å². The van der Waals surface area contributed by atoms with Gasteiger partial charge in [-0.1, -0.05) is 248 Å². The maximum Gasteiger partial charge on any atom is 0.203 e. The molecule has 0 unspecified atom stereocenters. The molecule has 0 aliphatic carbocycles.